The van der Waals surface area contributed by atoms with Crippen LogP contribution in [-0.4, -0.2) is 40.3 Å². The van der Waals surface area contributed by atoms with E-state index >= 15 is 0 Å². The lowest BCUT2D eigenvalue weighted by Gasteiger charge is -2.50. The second-order valence-electron chi connectivity index (χ2n) is 7.46. The van der Waals surface area contributed by atoms with Crippen LogP contribution in [0.2, 0.25) is 0 Å². The molecule has 24 heavy (non-hydrogen) atoms. The lowest BCUT2D eigenvalue weighted by atomic mass is 9.79. The molecular weight excluding hydrogens is 296 g/mol. The highest BCUT2D eigenvalue weighted by molar-refractivity contribution is 5.61. The summed E-state index contributed by atoms with van der Waals surface area (Å²) in [5.41, 5.74) is 4.60. The first-order chi connectivity index (χ1) is 11.6. The zero-order chi connectivity index (χ0) is 16.7. The van der Waals surface area contributed by atoms with Crippen LogP contribution < -0.4 is 5.32 Å². The van der Waals surface area contributed by atoms with E-state index in [-0.39, 0.29) is 0 Å². The molecule has 3 saturated heterocycles. The van der Waals surface area contributed by atoms with Crippen LogP contribution >= 0.6 is 0 Å². The van der Waals surface area contributed by atoms with E-state index in [9.17, 15) is 0 Å². The summed E-state index contributed by atoms with van der Waals surface area (Å²) in [7, 11) is 0. The summed E-state index contributed by atoms with van der Waals surface area (Å²) < 4.78 is 0. The fourth-order valence-corrected chi connectivity index (χ4v) is 4.40. The number of anilines is 1. The lowest BCUT2D eigenvalue weighted by molar-refractivity contribution is 0.0457. The molecule has 2 atom stereocenters. The second kappa shape index (κ2) is 6.17. The highest BCUT2D eigenvalue weighted by Gasteiger charge is 2.39. The largest absolute Gasteiger partial charge is 0.364 e. The van der Waals surface area contributed by atoms with Crippen LogP contribution in [0.25, 0.3) is 11.3 Å². The molecule has 4 heterocycles. The molecular formula is C20H26N4. The molecule has 0 radical (unpaired) electrons. The van der Waals surface area contributed by atoms with Gasteiger partial charge in [-0.2, -0.15) is 0 Å². The molecule has 126 valence electrons. The van der Waals surface area contributed by atoms with E-state index in [0.717, 1.165) is 23.0 Å². The molecule has 0 unspecified atom stereocenters. The van der Waals surface area contributed by atoms with Gasteiger partial charge in [0.1, 0.15) is 5.82 Å². The van der Waals surface area contributed by atoms with E-state index in [1.807, 2.05) is 0 Å². The van der Waals surface area contributed by atoms with Crippen molar-refractivity contribution in [3.05, 3.63) is 41.5 Å². The third kappa shape index (κ3) is 2.91. The predicted molar refractivity (Wildman–Crippen MR) is 98.1 cm³/mol. The summed E-state index contributed by atoms with van der Waals surface area (Å²) in [6.45, 7) is 9.08. The van der Waals surface area contributed by atoms with Gasteiger partial charge >= 0.3 is 0 Å². The Morgan fingerprint density at radius 2 is 1.71 bits per heavy atom. The number of aromatic nitrogens is 2. The molecule has 2 aromatic rings. The first-order valence-corrected chi connectivity index (χ1v) is 9.03. The van der Waals surface area contributed by atoms with Crippen molar-refractivity contribution >= 4 is 5.82 Å². The summed E-state index contributed by atoms with van der Waals surface area (Å²) in [5, 5.41) is 12.6. The van der Waals surface area contributed by atoms with E-state index in [1.54, 1.807) is 0 Å². The number of hydrogen-bond donors (Lipinski definition) is 1. The number of hydrogen-bond acceptors (Lipinski definition) is 4. The number of nitrogens with one attached hydrogen (secondary N) is 1. The van der Waals surface area contributed by atoms with Crippen molar-refractivity contribution in [1.82, 2.24) is 15.1 Å². The molecule has 1 aromatic carbocycles. The van der Waals surface area contributed by atoms with Crippen molar-refractivity contribution in [2.45, 2.75) is 45.7 Å². The summed E-state index contributed by atoms with van der Waals surface area (Å²) in [6.07, 6.45) is 2.60. The summed E-state index contributed by atoms with van der Waals surface area (Å²) >= 11 is 0. The molecule has 3 aliphatic heterocycles. The Bertz CT molecular complexity index is 695. The third-order valence-corrected chi connectivity index (χ3v) is 5.67. The fourth-order valence-electron chi connectivity index (χ4n) is 4.40. The molecule has 3 fully saturated rings. The minimum atomic E-state index is 0.494. The minimum absolute atomic E-state index is 0.494. The Balaban J connectivity index is 1.52. The smallest absolute Gasteiger partial charge is 0.148 e. The van der Waals surface area contributed by atoms with Crippen molar-refractivity contribution in [3.8, 4) is 11.3 Å². The minimum Gasteiger partial charge on any atom is -0.364 e. The summed E-state index contributed by atoms with van der Waals surface area (Å²) in [5.74, 6) is 1.67. The number of rotatable bonds is 3. The SMILES string of the molecule is Cc1cc(C)cc(-c2ccc(N[C@H]3C4CCN(CC4)[C@@H]3C)nn2)c1. The monoisotopic (exact) mass is 322 g/mol. The first kappa shape index (κ1) is 15.6. The number of aryl methyl sites for hydroxylation is 2. The van der Waals surface area contributed by atoms with E-state index in [4.69, 9.17) is 0 Å². The normalized spacial score (nSPS) is 28.8. The second-order valence-corrected chi connectivity index (χ2v) is 7.46. The maximum Gasteiger partial charge on any atom is 0.148 e. The van der Waals surface area contributed by atoms with Gasteiger partial charge in [0.25, 0.3) is 0 Å². The van der Waals surface area contributed by atoms with Crippen LogP contribution in [0, 0.1) is 19.8 Å². The Hall–Kier alpha value is -1.94. The van der Waals surface area contributed by atoms with Gasteiger partial charge in [0, 0.05) is 17.6 Å². The Morgan fingerprint density at radius 3 is 2.29 bits per heavy atom. The van der Waals surface area contributed by atoms with Gasteiger partial charge in [-0.05, 0) is 76.9 Å². The molecule has 3 aliphatic rings. The van der Waals surface area contributed by atoms with E-state index in [0.29, 0.717) is 12.1 Å². The summed E-state index contributed by atoms with van der Waals surface area (Å²) in [6, 6.07) is 11.7. The van der Waals surface area contributed by atoms with Crippen molar-refractivity contribution in [2.75, 3.05) is 18.4 Å². The molecule has 0 amide bonds. The quantitative estimate of drug-likeness (QED) is 0.936. The van der Waals surface area contributed by atoms with Crippen molar-refractivity contribution in [3.63, 3.8) is 0 Å². The maximum atomic E-state index is 4.46. The van der Waals surface area contributed by atoms with Crippen LogP contribution in [-0.2, 0) is 0 Å². The first-order valence-electron chi connectivity index (χ1n) is 9.03. The number of nitrogens with zero attached hydrogens (tertiary/aromatic N) is 3. The van der Waals surface area contributed by atoms with Crippen LogP contribution in [0.15, 0.2) is 30.3 Å². The topological polar surface area (TPSA) is 41.0 Å². The number of piperidine rings is 3. The van der Waals surface area contributed by atoms with Crippen LogP contribution in [0.3, 0.4) is 0 Å². The van der Waals surface area contributed by atoms with E-state index in [1.165, 1.54) is 37.1 Å². The Labute approximate surface area is 144 Å². The third-order valence-electron chi connectivity index (χ3n) is 5.67. The zero-order valence-electron chi connectivity index (χ0n) is 14.8. The average Bonchev–Trinajstić information content (AvgIpc) is 2.58. The van der Waals surface area contributed by atoms with Crippen molar-refractivity contribution in [2.24, 2.45) is 5.92 Å². The molecule has 0 aliphatic carbocycles. The van der Waals surface area contributed by atoms with Gasteiger partial charge in [-0.25, -0.2) is 0 Å². The van der Waals surface area contributed by atoms with Crippen molar-refractivity contribution in [1.29, 1.82) is 0 Å². The van der Waals surface area contributed by atoms with Gasteiger partial charge in [-0.3, -0.25) is 4.90 Å². The van der Waals surface area contributed by atoms with Crippen LogP contribution in [0.1, 0.15) is 30.9 Å². The zero-order valence-corrected chi connectivity index (χ0v) is 14.8. The van der Waals surface area contributed by atoms with Gasteiger partial charge in [0.05, 0.1) is 5.69 Å². The predicted octanol–water partition coefficient (Wildman–Crippen LogP) is 3.66. The van der Waals surface area contributed by atoms with Gasteiger partial charge in [0.15, 0.2) is 0 Å². The number of benzene rings is 1. The molecule has 5 rings (SSSR count). The van der Waals surface area contributed by atoms with Gasteiger partial charge < -0.3 is 5.32 Å². The molecule has 2 bridgehead atoms. The molecule has 4 nitrogen and oxygen atoms in total. The highest BCUT2D eigenvalue weighted by Crippen LogP contribution is 2.33. The lowest BCUT2D eigenvalue weighted by Crippen LogP contribution is -2.59. The van der Waals surface area contributed by atoms with Crippen LogP contribution in [0.5, 0.6) is 0 Å². The number of fused-ring (bicyclic) bond motifs is 3. The Kier molecular flexibility index (Phi) is 4.01. The summed E-state index contributed by atoms with van der Waals surface area (Å²) in [4.78, 5) is 2.59. The van der Waals surface area contributed by atoms with Gasteiger partial charge in [0.2, 0.25) is 0 Å². The molecule has 1 aromatic heterocycles. The van der Waals surface area contributed by atoms with E-state index < -0.39 is 0 Å². The van der Waals surface area contributed by atoms with Gasteiger partial charge in [-0.1, -0.05) is 17.2 Å². The molecule has 1 N–H and O–H groups in total. The average molecular weight is 322 g/mol. The Morgan fingerprint density at radius 1 is 1.00 bits per heavy atom. The maximum absolute atomic E-state index is 4.46. The highest BCUT2D eigenvalue weighted by atomic mass is 15.2. The molecule has 0 spiro atoms. The fraction of sp³-hybridized carbons (Fsp3) is 0.500. The van der Waals surface area contributed by atoms with Crippen LogP contribution in [0.4, 0.5) is 5.82 Å². The molecule has 4 heteroatoms. The standard InChI is InChI=1S/C20H26N4/c1-13-10-14(2)12-17(11-13)18-4-5-19(23-22-18)21-20-15(3)24-8-6-16(20)7-9-24/h4-5,10-12,15-16,20H,6-9H2,1-3H3,(H,21,23)/t15-,20-/m1/s1. The van der Waals surface area contributed by atoms with Gasteiger partial charge in [-0.15, -0.1) is 10.2 Å². The van der Waals surface area contributed by atoms with Crippen molar-refractivity contribution < 1.29 is 0 Å². The van der Waals surface area contributed by atoms with E-state index in [2.05, 4.69) is 71.5 Å². The molecule has 0 saturated carbocycles.